The number of nitro groups is 1. The van der Waals surface area contributed by atoms with E-state index in [-0.39, 0.29) is 11.7 Å². The summed E-state index contributed by atoms with van der Waals surface area (Å²) < 4.78 is 4.95. The van der Waals surface area contributed by atoms with Gasteiger partial charge in [0.1, 0.15) is 12.0 Å². The number of pyridine rings is 1. The molecule has 0 aliphatic carbocycles. The summed E-state index contributed by atoms with van der Waals surface area (Å²) in [6.45, 7) is 5.36. The molecule has 0 saturated heterocycles. The molecular formula is C12H15N5O3. The fourth-order valence-corrected chi connectivity index (χ4v) is 1.80. The van der Waals surface area contributed by atoms with Gasteiger partial charge in [-0.05, 0) is 19.4 Å². The van der Waals surface area contributed by atoms with Gasteiger partial charge in [0.15, 0.2) is 5.82 Å². The van der Waals surface area contributed by atoms with Crippen LogP contribution in [-0.2, 0) is 0 Å². The standard InChI is InChI=1S/C12H15N5O3/c1-4-9(12-14-8(3)20-16-12)15-11-5-7(2)10(6-13-11)17(18)19/h5-6,9H,4H2,1-3H3,(H,13,15). The van der Waals surface area contributed by atoms with Crippen LogP contribution in [0.15, 0.2) is 16.8 Å². The van der Waals surface area contributed by atoms with Gasteiger partial charge in [-0.2, -0.15) is 4.98 Å². The van der Waals surface area contributed by atoms with Gasteiger partial charge in [0.2, 0.25) is 5.89 Å². The first-order valence-electron chi connectivity index (χ1n) is 6.19. The van der Waals surface area contributed by atoms with Crippen LogP contribution >= 0.6 is 0 Å². The lowest BCUT2D eigenvalue weighted by molar-refractivity contribution is -0.385. The molecule has 2 aromatic rings. The largest absolute Gasteiger partial charge is 0.360 e. The zero-order chi connectivity index (χ0) is 14.7. The van der Waals surface area contributed by atoms with Crippen molar-refractivity contribution in [3.63, 3.8) is 0 Å². The Hall–Kier alpha value is -2.51. The molecule has 1 atom stereocenters. The molecule has 0 radical (unpaired) electrons. The fourth-order valence-electron chi connectivity index (χ4n) is 1.80. The van der Waals surface area contributed by atoms with Crippen molar-refractivity contribution < 1.29 is 9.45 Å². The Balaban J connectivity index is 2.20. The maximum Gasteiger partial charge on any atom is 0.290 e. The van der Waals surface area contributed by atoms with E-state index in [4.69, 9.17) is 4.52 Å². The van der Waals surface area contributed by atoms with Crippen LogP contribution in [0.1, 0.15) is 36.7 Å². The second kappa shape index (κ2) is 5.64. The van der Waals surface area contributed by atoms with Crippen molar-refractivity contribution in [2.45, 2.75) is 33.2 Å². The van der Waals surface area contributed by atoms with Crippen molar-refractivity contribution in [1.29, 1.82) is 0 Å². The first-order valence-corrected chi connectivity index (χ1v) is 6.19. The second-order valence-corrected chi connectivity index (χ2v) is 4.39. The van der Waals surface area contributed by atoms with Gasteiger partial charge >= 0.3 is 0 Å². The smallest absolute Gasteiger partial charge is 0.290 e. The lowest BCUT2D eigenvalue weighted by Crippen LogP contribution is -2.12. The topological polar surface area (TPSA) is 107 Å². The van der Waals surface area contributed by atoms with Gasteiger partial charge in [0.05, 0.1) is 11.0 Å². The van der Waals surface area contributed by atoms with E-state index < -0.39 is 4.92 Å². The Labute approximate surface area is 115 Å². The summed E-state index contributed by atoms with van der Waals surface area (Å²) in [5, 5.41) is 17.8. The maximum atomic E-state index is 10.7. The van der Waals surface area contributed by atoms with Gasteiger partial charge in [0, 0.05) is 12.5 Å². The van der Waals surface area contributed by atoms with Crippen LogP contribution in [0, 0.1) is 24.0 Å². The number of nitrogens with zero attached hydrogens (tertiary/aromatic N) is 4. The molecule has 0 aromatic carbocycles. The van der Waals surface area contributed by atoms with Crippen LogP contribution in [0.4, 0.5) is 11.5 Å². The van der Waals surface area contributed by atoms with Gasteiger partial charge in [-0.1, -0.05) is 12.1 Å². The van der Waals surface area contributed by atoms with Crippen molar-refractivity contribution in [3.05, 3.63) is 39.7 Å². The Morgan fingerprint density at radius 3 is 2.75 bits per heavy atom. The normalized spacial score (nSPS) is 12.2. The highest BCUT2D eigenvalue weighted by molar-refractivity contribution is 5.47. The van der Waals surface area contributed by atoms with E-state index in [1.165, 1.54) is 6.20 Å². The molecule has 1 N–H and O–H groups in total. The number of nitrogens with one attached hydrogen (secondary N) is 1. The van der Waals surface area contributed by atoms with Crippen LogP contribution < -0.4 is 5.32 Å². The second-order valence-electron chi connectivity index (χ2n) is 4.39. The molecule has 0 amide bonds. The molecule has 20 heavy (non-hydrogen) atoms. The summed E-state index contributed by atoms with van der Waals surface area (Å²) in [5.41, 5.74) is 0.547. The molecule has 8 heteroatoms. The van der Waals surface area contributed by atoms with Crippen LogP contribution in [0.5, 0.6) is 0 Å². The van der Waals surface area contributed by atoms with Crippen molar-refractivity contribution in [2.24, 2.45) is 0 Å². The maximum absolute atomic E-state index is 10.7. The van der Waals surface area contributed by atoms with Crippen molar-refractivity contribution >= 4 is 11.5 Å². The number of anilines is 1. The van der Waals surface area contributed by atoms with E-state index in [2.05, 4.69) is 20.4 Å². The molecule has 0 aliphatic rings. The monoisotopic (exact) mass is 277 g/mol. The Morgan fingerprint density at radius 1 is 1.50 bits per heavy atom. The summed E-state index contributed by atoms with van der Waals surface area (Å²) in [4.78, 5) is 18.5. The summed E-state index contributed by atoms with van der Waals surface area (Å²) in [7, 11) is 0. The number of rotatable bonds is 5. The molecule has 0 fully saturated rings. The van der Waals surface area contributed by atoms with Gasteiger partial charge in [0.25, 0.3) is 5.69 Å². The quantitative estimate of drug-likeness (QED) is 0.660. The fraction of sp³-hybridized carbons (Fsp3) is 0.417. The average molecular weight is 277 g/mol. The predicted molar refractivity (Wildman–Crippen MR) is 71.3 cm³/mol. The molecule has 0 saturated carbocycles. The molecule has 0 spiro atoms. The van der Waals surface area contributed by atoms with E-state index in [0.717, 1.165) is 6.42 Å². The molecule has 0 bridgehead atoms. The summed E-state index contributed by atoms with van der Waals surface area (Å²) in [5.74, 6) is 1.58. The van der Waals surface area contributed by atoms with Crippen molar-refractivity contribution in [2.75, 3.05) is 5.32 Å². The van der Waals surface area contributed by atoms with Gasteiger partial charge in [-0.15, -0.1) is 0 Å². The highest BCUT2D eigenvalue weighted by atomic mass is 16.6. The Bertz CT molecular complexity index is 625. The van der Waals surface area contributed by atoms with Crippen LogP contribution in [0.2, 0.25) is 0 Å². The van der Waals surface area contributed by atoms with Crippen LogP contribution in [0.25, 0.3) is 0 Å². The summed E-state index contributed by atoms with van der Waals surface area (Å²) >= 11 is 0. The summed E-state index contributed by atoms with van der Waals surface area (Å²) in [6, 6.07) is 1.48. The Morgan fingerprint density at radius 2 is 2.25 bits per heavy atom. The molecule has 1 unspecified atom stereocenters. The molecule has 8 nitrogen and oxygen atoms in total. The van der Waals surface area contributed by atoms with Crippen molar-refractivity contribution in [3.8, 4) is 0 Å². The highest BCUT2D eigenvalue weighted by Gasteiger charge is 2.17. The predicted octanol–water partition coefficient (Wildman–Crippen LogP) is 2.55. The van der Waals surface area contributed by atoms with E-state index in [0.29, 0.717) is 23.1 Å². The summed E-state index contributed by atoms with van der Waals surface area (Å²) in [6.07, 6.45) is 1.97. The number of aryl methyl sites for hydroxylation is 2. The zero-order valence-electron chi connectivity index (χ0n) is 11.5. The molecular weight excluding hydrogens is 262 g/mol. The SMILES string of the molecule is CCC(Nc1cc(C)c([N+](=O)[O-])cn1)c1noc(C)n1. The lowest BCUT2D eigenvalue weighted by atomic mass is 10.2. The molecule has 2 aromatic heterocycles. The molecule has 0 aliphatic heterocycles. The first-order chi connectivity index (χ1) is 9.51. The van der Waals surface area contributed by atoms with Gasteiger partial charge in [-0.25, -0.2) is 4.98 Å². The third-order valence-electron chi connectivity index (χ3n) is 2.87. The molecule has 2 rings (SSSR count). The van der Waals surface area contributed by atoms with Crippen LogP contribution in [-0.4, -0.2) is 20.0 Å². The third-order valence-corrected chi connectivity index (χ3v) is 2.87. The average Bonchev–Trinajstić information content (AvgIpc) is 2.82. The van der Waals surface area contributed by atoms with E-state index >= 15 is 0 Å². The Kier molecular flexibility index (Phi) is 3.92. The highest BCUT2D eigenvalue weighted by Crippen LogP contribution is 2.23. The number of aromatic nitrogens is 3. The van der Waals surface area contributed by atoms with Gasteiger partial charge in [-0.3, -0.25) is 10.1 Å². The lowest BCUT2D eigenvalue weighted by Gasteiger charge is -2.13. The van der Waals surface area contributed by atoms with Crippen molar-refractivity contribution in [1.82, 2.24) is 15.1 Å². The minimum absolute atomic E-state index is 0.000922. The van der Waals surface area contributed by atoms with Crippen LogP contribution in [0.3, 0.4) is 0 Å². The van der Waals surface area contributed by atoms with Gasteiger partial charge < -0.3 is 9.84 Å². The van der Waals surface area contributed by atoms with E-state index in [9.17, 15) is 10.1 Å². The van der Waals surface area contributed by atoms with E-state index in [1.807, 2.05) is 6.92 Å². The van der Waals surface area contributed by atoms with E-state index in [1.54, 1.807) is 19.9 Å². The minimum Gasteiger partial charge on any atom is -0.360 e. The molecule has 2 heterocycles. The number of hydrogen-bond donors (Lipinski definition) is 1. The molecule has 106 valence electrons. The third kappa shape index (κ3) is 2.90. The number of hydrogen-bond acceptors (Lipinski definition) is 7. The first kappa shape index (κ1) is 13.9. The zero-order valence-corrected chi connectivity index (χ0v) is 11.5. The minimum atomic E-state index is -0.452.